The van der Waals surface area contributed by atoms with Gasteiger partial charge in [-0.05, 0) is 36.5 Å². The molecular weight excluding hydrogens is 246 g/mol. The Bertz CT molecular complexity index is 529. The molecule has 0 fully saturated rings. The summed E-state index contributed by atoms with van der Waals surface area (Å²) < 4.78 is 23.9. The smallest absolute Gasteiger partial charge is 0.178 e. The van der Waals surface area contributed by atoms with E-state index in [1.165, 1.54) is 0 Å². The third-order valence-electron chi connectivity index (χ3n) is 2.95. The van der Waals surface area contributed by atoms with Gasteiger partial charge in [0.2, 0.25) is 0 Å². The summed E-state index contributed by atoms with van der Waals surface area (Å²) in [5.41, 5.74) is 0.988. The quantitative estimate of drug-likeness (QED) is 0.793. The maximum Gasteiger partial charge on any atom is 0.178 e. The SMILES string of the molecule is CCCS(=O)(=O)c1cccc(C(C)CCC#N)c1. The second-order valence-electron chi connectivity index (χ2n) is 4.49. The molecule has 1 atom stereocenters. The normalized spacial score (nSPS) is 12.9. The van der Waals surface area contributed by atoms with Crippen LogP contribution in [0.25, 0.3) is 0 Å². The molecule has 1 aromatic rings. The zero-order valence-corrected chi connectivity index (χ0v) is 11.7. The van der Waals surface area contributed by atoms with Crippen LogP contribution >= 0.6 is 0 Å². The van der Waals surface area contributed by atoms with E-state index in [1.54, 1.807) is 18.2 Å². The van der Waals surface area contributed by atoms with Crippen molar-refractivity contribution in [2.45, 2.75) is 43.9 Å². The molecule has 0 heterocycles. The standard InChI is InChI=1S/C14H19NO2S/c1-3-10-18(16,17)14-8-4-7-13(11-14)12(2)6-5-9-15/h4,7-8,11-12H,3,5-6,10H2,1-2H3. The molecule has 1 aromatic carbocycles. The Morgan fingerprint density at radius 1 is 1.39 bits per heavy atom. The van der Waals surface area contributed by atoms with Crippen LogP contribution in [0.1, 0.15) is 44.6 Å². The largest absolute Gasteiger partial charge is 0.224 e. The lowest BCUT2D eigenvalue weighted by molar-refractivity contribution is 0.594. The molecule has 98 valence electrons. The number of sulfone groups is 1. The molecule has 3 nitrogen and oxygen atoms in total. The molecule has 0 aliphatic heterocycles. The van der Waals surface area contributed by atoms with Gasteiger partial charge in [-0.15, -0.1) is 0 Å². The molecule has 18 heavy (non-hydrogen) atoms. The van der Waals surface area contributed by atoms with Crippen molar-refractivity contribution < 1.29 is 8.42 Å². The van der Waals surface area contributed by atoms with Crippen molar-refractivity contribution in [2.75, 3.05) is 5.75 Å². The lowest BCUT2D eigenvalue weighted by atomic mass is 9.97. The molecule has 1 unspecified atom stereocenters. The van der Waals surface area contributed by atoms with Crippen molar-refractivity contribution in [1.82, 2.24) is 0 Å². The Morgan fingerprint density at radius 3 is 2.72 bits per heavy atom. The molecule has 4 heteroatoms. The summed E-state index contributed by atoms with van der Waals surface area (Å²) in [5.74, 6) is 0.393. The van der Waals surface area contributed by atoms with Crippen molar-refractivity contribution in [1.29, 1.82) is 5.26 Å². The lowest BCUT2D eigenvalue weighted by Gasteiger charge is -2.11. The van der Waals surface area contributed by atoms with Gasteiger partial charge in [-0.25, -0.2) is 8.42 Å². The zero-order chi connectivity index (χ0) is 13.6. The van der Waals surface area contributed by atoms with E-state index in [-0.39, 0.29) is 11.7 Å². The molecular formula is C14H19NO2S. The van der Waals surface area contributed by atoms with Crippen LogP contribution in [0.2, 0.25) is 0 Å². The Kier molecular flexibility index (Phi) is 5.36. The van der Waals surface area contributed by atoms with Gasteiger partial charge < -0.3 is 0 Å². The van der Waals surface area contributed by atoms with Gasteiger partial charge in [-0.2, -0.15) is 5.26 Å². The van der Waals surface area contributed by atoms with Gasteiger partial charge in [-0.1, -0.05) is 26.0 Å². The monoisotopic (exact) mass is 265 g/mol. The van der Waals surface area contributed by atoms with Gasteiger partial charge in [-0.3, -0.25) is 0 Å². The molecule has 0 spiro atoms. The van der Waals surface area contributed by atoms with Crippen molar-refractivity contribution in [3.63, 3.8) is 0 Å². The van der Waals surface area contributed by atoms with E-state index < -0.39 is 9.84 Å². The lowest BCUT2D eigenvalue weighted by Crippen LogP contribution is -2.06. The first-order valence-electron chi connectivity index (χ1n) is 6.21. The number of nitrogens with zero attached hydrogens (tertiary/aromatic N) is 1. The van der Waals surface area contributed by atoms with E-state index in [4.69, 9.17) is 5.26 Å². The van der Waals surface area contributed by atoms with Gasteiger partial charge >= 0.3 is 0 Å². The molecule has 0 saturated carbocycles. The highest BCUT2D eigenvalue weighted by Gasteiger charge is 2.14. The molecule has 0 radical (unpaired) electrons. The molecule has 0 aliphatic carbocycles. The van der Waals surface area contributed by atoms with Gasteiger partial charge in [0.1, 0.15) is 0 Å². The van der Waals surface area contributed by atoms with Crippen LogP contribution in [0.3, 0.4) is 0 Å². The number of hydrogen-bond acceptors (Lipinski definition) is 3. The first kappa shape index (κ1) is 14.7. The second kappa shape index (κ2) is 6.55. The predicted octanol–water partition coefficient (Wildman–Crippen LogP) is 3.28. The summed E-state index contributed by atoms with van der Waals surface area (Å²) in [6.07, 6.45) is 1.87. The molecule has 0 N–H and O–H groups in total. The molecule has 0 aliphatic rings. The van der Waals surface area contributed by atoms with Gasteiger partial charge in [0, 0.05) is 6.42 Å². The summed E-state index contributed by atoms with van der Waals surface area (Å²) >= 11 is 0. The molecule has 0 aromatic heterocycles. The second-order valence-corrected chi connectivity index (χ2v) is 6.60. The van der Waals surface area contributed by atoms with Crippen LogP contribution in [0.4, 0.5) is 0 Å². The number of rotatable bonds is 6. The van der Waals surface area contributed by atoms with E-state index in [9.17, 15) is 8.42 Å². The first-order valence-corrected chi connectivity index (χ1v) is 7.86. The van der Waals surface area contributed by atoms with Gasteiger partial charge in [0.05, 0.1) is 16.7 Å². The molecule has 1 rings (SSSR count). The third-order valence-corrected chi connectivity index (χ3v) is 4.87. The highest BCUT2D eigenvalue weighted by atomic mass is 32.2. The van der Waals surface area contributed by atoms with E-state index in [0.717, 1.165) is 12.0 Å². The minimum atomic E-state index is -3.15. The predicted molar refractivity (Wildman–Crippen MR) is 72.0 cm³/mol. The minimum absolute atomic E-state index is 0.184. The number of nitriles is 1. The first-order chi connectivity index (χ1) is 8.51. The maximum absolute atomic E-state index is 12.0. The highest BCUT2D eigenvalue weighted by molar-refractivity contribution is 7.91. The van der Waals surface area contributed by atoms with Crippen LogP contribution < -0.4 is 0 Å². The Labute approximate surface area is 109 Å². The highest BCUT2D eigenvalue weighted by Crippen LogP contribution is 2.23. The van der Waals surface area contributed by atoms with Crippen LogP contribution in [0.15, 0.2) is 29.2 Å². The minimum Gasteiger partial charge on any atom is -0.224 e. The summed E-state index contributed by atoms with van der Waals surface area (Å²) in [6.45, 7) is 3.87. The topological polar surface area (TPSA) is 57.9 Å². The average molecular weight is 265 g/mol. The van der Waals surface area contributed by atoms with Crippen LogP contribution in [0.5, 0.6) is 0 Å². The summed E-state index contributed by atoms with van der Waals surface area (Å²) in [5, 5.41) is 8.57. The molecule has 0 amide bonds. The fraction of sp³-hybridized carbons (Fsp3) is 0.500. The van der Waals surface area contributed by atoms with E-state index in [0.29, 0.717) is 17.7 Å². The maximum atomic E-state index is 12.0. The van der Waals surface area contributed by atoms with Crippen LogP contribution in [-0.4, -0.2) is 14.2 Å². The van der Waals surface area contributed by atoms with Crippen LogP contribution in [0, 0.1) is 11.3 Å². The van der Waals surface area contributed by atoms with Gasteiger partial charge in [0.25, 0.3) is 0 Å². The number of hydrogen-bond donors (Lipinski definition) is 0. The summed E-state index contributed by atoms with van der Waals surface area (Å²) in [7, 11) is -3.15. The Hall–Kier alpha value is -1.34. The van der Waals surface area contributed by atoms with Gasteiger partial charge in [0.15, 0.2) is 9.84 Å². The van der Waals surface area contributed by atoms with Crippen molar-refractivity contribution >= 4 is 9.84 Å². The Morgan fingerprint density at radius 2 is 2.11 bits per heavy atom. The van der Waals surface area contributed by atoms with Crippen LogP contribution in [-0.2, 0) is 9.84 Å². The number of benzene rings is 1. The molecule has 0 saturated heterocycles. The fourth-order valence-electron chi connectivity index (χ4n) is 1.85. The molecule has 0 bridgehead atoms. The van der Waals surface area contributed by atoms with Crippen molar-refractivity contribution in [3.8, 4) is 6.07 Å². The van der Waals surface area contributed by atoms with E-state index in [1.807, 2.05) is 19.9 Å². The average Bonchev–Trinajstić information content (AvgIpc) is 2.36. The van der Waals surface area contributed by atoms with E-state index in [2.05, 4.69) is 6.07 Å². The zero-order valence-electron chi connectivity index (χ0n) is 10.9. The fourth-order valence-corrected chi connectivity index (χ4v) is 3.22. The van der Waals surface area contributed by atoms with E-state index >= 15 is 0 Å². The summed E-state index contributed by atoms with van der Waals surface area (Å²) in [4.78, 5) is 0.394. The summed E-state index contributed by atoms with van der Waals surface area (Å²) in [6, 6.07) is 9.20. The van der Waals surface area contributed by atoms with Crippen molar-refractivity contribution in [2.24, 2.45) is 0 Å². The Balaban J connectivity index is 2.96. The third kappa shape index (κ3) is 3.85. The van der Waals surface area contributed by atoms with Crippen molar-refractivity contribution in [3.05, 3.63) is 29.8 Å².